The third kappa shape index (κ3) is 4.98. The Hall–Kier alpha value is -2.01. The molecule has 0 bridgehead atoms. The summed E-state index contributed by atoms with van der Waals surface area (Å²) in [5.74, 6) is 2.41. The van der Waals surface area contributed by atoms with Crippen LogP contribution >= 0.6 is 11.6 Å². The number of benzene rings is 1. The third-order valence-electron chi connectivity index (χ3n) is 3.85. The lowest BCUT2D eigenvalue weighted by atomic mass is 10.1. The highest BCUT2D eigenvalue weighted by Gasteiger charge is 2.18. The maximum Gasteiger partial charge on any atom is 0.159 e. The van der Waals surface area contributed by atoms with Gasteiger partial charge < -0.3 is 16.0 Å². The van der Waals surface area contributed by atoms with Crippen molar-refractivity contribution in [3.05, 3.63) is 35.1 Å². The molecular weight excluding hydrogens is 334 g/mol. The summed E-state index contributed by atoms with van der Waals surface area (Å²) >= 11 is 6.20. The number of hydrogen-bond donors (Lipinski definition) is 2. The molecule has 0 saturated heterocycles. The highest BCUT2D eigenvalue weighted by molar-refractivity contribution is 6.31. The molecule has 0 spiro atoms. The van der Waals surface area contributed by atoms with Crippen LogP contribution in [0.4, 0.5) is 23.0 Å². The van der Waals surface area contributed by atoms with E-state index in [0.717, 1.165) is 30.2 Å². The van der Waals surface area contributed by atoms with Gasteiger partial charge in [-0.2, -0.15) is 0 Å². The second kappa shape index (κ2) is 8.39. The first-order chi connectivity index (χ1) is 11.8. The van der Waals surface area contributed by atoms with Crippen LogP contribution in [0.25, 0.3) is 0 Å². The summed E-state index contributed by atoms with van der Waals surface area (Å²) < 4.78 is 0. The van der Waals surface area contributed by atoms with E-state index in [1.807, 2.05) is 25.1 Å². The zero-order valence-electron chi connectivity index (χ0n) is 15.7. The largest absolute Gasteiger partial charge is 0.393 e. The fourth-order valence-electron chi connectivity index (χ4n) is 2.74. The van der Waals surface area contributed by atoms with Crippen molar-refractivity contribution >= 4 is 34.6 Å². The van der Waals surface area contributed by atoms with Gasteiger partial charge in [-0.3, -0.25) is 0 Å². The monoisotopic (exact) mass is 361 g/mol. The van der Waals surface area contributed by atoms with E-state index in [0.29, 0.717) is 28.4 Å². The average Bonchev–Trinajstić information content (AvgIpc) is 2.52. The van der Waals surface area contributed by atoms with Gasteiger partial charge in [-0.25, -0.2) is 9.97 Å². The van der Waals surface area contributed by atoms with Gasteiger partial charge >= 0.3 is 0 Å². The fraction of sp³-hybridized carbons (Fsp3) is 0.474. The minimum absolute atomic E-state index is 0.514. The van der Waals surface area contributed by atoms with Crippen molar-refractivity contribution in [3.8, 4) is 0 Å². The number of anilines is 4. The molecule has 0 fully saturated rings. The van der Waals surface area contributed by atoms with E-state index in [1.165, 1.54) is 0 Å². The standard InChI is InChI=1S/C19H28ClN5/c1-12(2)9-25(10-13(3)4)19-17(21)18(22-11-23-19)24-16-8-6-7-15(20)14(16)5/h6-8,11-13H,9-10,21H2,1-5H3,(H,22,23,24). The molecule has 1 aromatic carbocycles. The number of nitrogens with zero attached hydrogens (tertiary/aromatic N) is 3. The second-order valence-corrected chi connectivity index (χ2v) is 7.60. The molecule has 2 aromatic rings. The van der Waals surface area contributed by atoms with E-state index >= 15 is 0 Å². The molecule has 1 heterocycles. The van der Waals surface area contributed by atoms with Crippen LogP contribution in [0, 0.1) is 18.8 Å². The van der Waals surface area contributed by atoms with E-state index in [9.17, 15) is 0 Å². The van der Waals surface area contributed by atoms with Crippen molar-refractivity contribution in [2.75, 3.05) is 29.0 Å². The van der Waals surface area contributed by atoms with Gasteiger partial charge in [0.15, 0.2) is 11.6 Å². The zero-order chi connectivity index (χ0) is 18.6. The van der Waals surface area contributed by atoms with Crippen LogP contribution in [-0.2, 0) is 0 Å². The van der Waals surface area contributed by atoms with Crippen LogP contribution in [0.15, 0.2) is 24.5 Å². The van der Waals surface area contributed by atoms with Crippen LogP contribution in [0.5, 0.6) is 0 Å². The van der Waals surface area contributed by atoms with Crippen molar-refractivity contribution in [2.24, 2.45) is 11.8 Å². The van der Waals surface area contributed by atoms with Gasteiger partial charge in [0, 0.05) is 23.8 Å². The van der Waals surface area contributed by atoms with Gasteiger partial charge in [0.2, 0.25) is 0 Å². The van der Waals surface area contributed by atoms with E-state index < -0.39 is 0 Å². The number of hydrogen-bond acceptors (Lipinski definition) is 5. The Bertz CT molecular complexity index is 705. The molecule has 0 amide bonds. The minimum atomic E-state index is 0.514. The Balaban J connectivity index is 2.35. The Morgan fingerprint density at radius 1 is 1.12 bits per heavy atom. The molecule has 6 heteroatoms. The number of rotatable bonds is 7. The van der Waals surface area contributed by atoms with E-state index in [-0.39, 0.29) is 0 Å². The van der Waals surface area contributed by atoms with Crippen molar-refractivity contribution in [3.63, 3.8) is 0 Å². The van der Waals surface area contributed by atoms with Crippen molar-refractivity contribution in [2.45, 2.75) is 34.6 Å². The fourth-order valence-corrected chi connectivity index (χ4v) is 2.91. The van der Waals surface area contributed by atoms with E-state index in [2.05, 4.69) is 47.9 Å². The number of halogens is 1. The van der Waals surface area contributed by atoms with Crippen molar-refractivity contribution in [1.29, 1.82) is 0 Å². The lowest BCUT2D eigenvalue weighted by Gasteiger charge is -2.28. The molecule has 3 N–H and O–H groups in total. The molecule has 0 aliphatic carbocycles. The smallest absolute Gasteiger partial charge is 0.159 e. The normalized spacial score (nSPS) is 11.2. The first kappa shape index (κ1) is 19.3. The summed E-state index contributed by atoms with van der Waals surface area (Å²) in [5.41, 5.74) is 8.82. The Labute approximate surface area is 155 Å². The molecule has 0 radical (unpaired) electrons. The third-order valence-corrected chi connectivity index (χ3v) is 4.26. The zero-order valence-corrected chi connectivity index (χ0v) is 16.4. The predicted octanol–water partition coefficient (Wildman–Crippen LogP) is 4.88. The summed E-state index contributed by atoms with van der Waals surface area (Å²) in [4.78, 5) is 11.0. The maximum atomic E-state index is 6.41. The average molecular weight is 362 g/mol. The van der Waals surface area contributed by atoms with Gasteiger partial charge in [-0.05, 0) is 36.5 Å². The summed E-state index contributed by atoms with van der Waals surface area (Å²) in [6.07, 6.45) is 1.56. The van der Waals surface area contributed by atoms with E-state index in [4.69, 9.17) is 17.3 Å². The first-order valence-corrected chi connectivity index (χ1v) is 9.05. The molecular formula is C19H28ClN5. The number of nitrogen functional groups attached to an aromatic ring is 1. The van der Waals surface area contributed by atoms with Gasteiger partial charge in [0.25, 0.3) is 0 Å². The maximum absolute atomic E-state index is 6.41. The van der Waals surface area contributed by atoms with Crippen LogP contribution in [0.2, 0.25) is 5.02 Å². The van der Waals surface area contributed by atoms with Crippen LogP contribution < -0.4 is 16.0 Å². The molecule has 0 saturated carbocycles. The Morgan fingerprint density at radius 3 is 2.36 bits per heavy atom. The lowest BCUT2D eigenvalue weighted by molar-refractivity contribution is 0.549. The summed E-state index contributed by atoms with van der Waals surface area (Å²) in [5, 5.41) is 4.00. The number of aromatic nitrogens is 2. The van der Waals surface area contributed by atoms with Gasteiger partial charge in [-0.15, -0.1) is 0 Å². The van der Waals surface area contributed by atoms with Gasteiger partial charge in [0.1, 0.15) is 12.0 Å². The molecule has 0 atom stereocenters. The minimum Gasteiger partial charge on any atom is -0.393 e. The molecule has 0 aliphatic rings. The highest BCUT2D eigenvalue weighted by atomic mass is 35.5. The van der Waals surface area contributed by atoms with Crippen LogP contribution in [0.1, 0.15) is 33.3 Å². The first-order valence-electron chi connectivity index (χ1n) is 8.67. The van der Waals surface area contributed by atoms with E-state index in [1.54, 1.807) is 6.33 Å². The van der Waals surface area contributed by atoms with Crippen LogP contribution in [-0.4, -0.2) is 23.1 Å². The molecule has 5 nitrogen and oxygen atoms in total. The molecule has 2 rings (SSSR count). The summed E-state index contributed by atoms with van der Waals surface area (Å²) in [7, 11) is 0. The predicted molar refractivity (Wildman–Crippen MR) is 108 cm³/mol. The van der Waals surface area contributed by atoms with Crippen molar-refractivity contribution < 1.29 is 0 Å². The SMILES string of the molecule is Cc1c(Cl)cccc1Nc1ncnc(N(CC(C)C)CC(C)C)c1N. The number of nitrogens with two attached hydrogens (primary N) is 1. The summed E-state index contributed by atoms with van der Waals surface area (Å²) in [6, 6.07) is 5.73. The lowest BCUT2D eigenvalue weighted by Crippen LogP contribution is -2.32. The number of nitrogens with one attached hydrogen (secondary N) is 1. The topological polar surface area (TPSA) is 67.1 Å². The molecule has 25 heavy (non-hydrogen) atoms. The highest BCUT2D eigenvalue weighted by Crippen LogP contribution is 2.32. The van der Waals surface area contributed by atoms with Crippen LogP contribution in [0.3, 0.4) is 0 Å². The summed E-state index contributed by atoms with van der Waals surface area (Å²) in [6.45, 7) is 12.5. The molecule has 0 aliphatic heterocycles. The van der Waals surface area contributed by atoms with Crippen molar-refractivity contribution in [1.82, 2.24) is 9.97 Å². The van der Waals surface area contributed by atoms with Gasteiger partial charge in [-0.1, -0.05) is 45.4 Å². The molecule has 0 unspecified atom stereocenters. The second-order valence-electron chi connectivity index (χ2n) is 7.19. The Morgan fingerprint density at radius 2 is 1.76 bits per heavy atom. The van der Waals surface area contributed by atoms with Gasteiger partial charge in [0.05, 0.1) is 0 Å². The quantitative estimate of drug-likeness (QED) is 0.735. The molecule has 1 aromatic heterocycles. The Kier molecular flexibility index (Phi) is 6.48. The molecule has 136 valence electrons.